The summed E-state index contributed by atoms with van der Waals surface area (Å²) in [7, 11) is 0. The summed E-state index contributed by atoms with van der Waals surface area (Å²) in [5, 5.41) is 1.22. The summed E-state index contributed by atoms with van der Waals surface area (Å²) in [5.41, 5.74) is 2.39. The van der Waals surface area contributed by atoms with E-state index in [4.69, 9.17) is 0 Å². The number of thioether (sulfide) groups is 1. The zero-order chi connectivity index (χ0) is 9.26. The third-order valence-corrected chi connectivity index (χ3v) is 3.00. The number of aryl methyl sites for hydroxylation is 1. The van der Waals surface area contributed by atoms with Crippen LogP contribution in [0.25, 0.3) is 10.9 Å². The molecule has 2 rings (SSSR count). The Bertz CT molecular complexity index is 437. The van der Waals surface area contributed by atoms with Crippen LogP contribution in [-0.4, -0.2) is 11.2 Å². The highest BCUT2D eigenvalue weighted by Crippen LogP contribution is 2.24. The maximum absolute atomic E-state index is 4.31. The molecule has 2 heteroatoms. The molecular weight excluding hydrogens is 178 g/mol. The standard InChI is InChI=1S/C11H11NS/c1-8-6-10-9(4-3-5-12-10)7-11(8)13-2/h3-7H,1-2H3. The van der Waals surface area contributed by atoms with Gasteiger partial charge in [0.1, 0.15) is 0 Å². The van der Waals surface area contributed by atoms with E-state index in [1.54, 1.807) is 11.8 Å². The summed E-state index contributed by atoms with van der Waals surface area (Å²) in [4.78, 5) is 5.64. The van der Waals surface area contributed by atoms with Crippen LogP contribution in [-0.2, 0) is 0 Å². The molecule has 0 amide bonds. The molecule has 66 valence electrons. The van der Waals surface area contributed by atoms with Gasteiger partial charge in [-0.15, -0.1) is 11.8 Å². The molecule has 2 aromatic rings. The number of hydrogen-bond acceptors (Lipinski definition) is 2. The van der Waals surface area contributed by atoms with Gasteiger partial charge >= 0.3 is 0 Å². The van der Waals surface area contributed by atoms with Crippen molar-refractivity contribution in [1.29, 1.82) is 0 Å². The first-order valence-electron chi connectivity index (χ1n) is 4.20. The molecule has 0 bridgehead atoms. The van der Waals surface area contributed by atoms with Crippen LogP contribution in [0, 0.1) is 6.92 Å². The summed E-state index contributed by atoms with van der Waals surface area (Å²) in [6.07, 6.45) is 3.94. The predicted molar refractivity (Wildman–Crippen MR) is 58.3 cm³/mol. The fourth-order valence-corrected chi connectivity index (χ4v) is 2.05. The molecule has 1 aromatic heterocycles. The minimum atomic E-state index is 1.08. The number of fused-ring (bicyclic) bond motifs is 1. The zero-order valence-corrected chi connectivity index (χ0v) is 8.56. The second kappa shape index (κ2) is 3.38. The van der Waals surface area contributed by atoms with Crippen molar-refractivity contribution in [2.24, 2.45) is 0 Å². The summed E-state index contributed by atoms with van der Waals surface area (Å²) in [6, 6.07) is 8.41. The van der Waals surface area contributed by atoms with Crippen LogP contribution < -0.4 is 0 Å². The fraction of sp³-hybridized carbons (Fsp3) is 0.182. The number of aromatic nitrogens is 1. The number of hydrogen-bond donors (Lipinski definition) is 0. The summed E-state index contributed by atoms with van der Waals surface area (Å²) in [6.45, 7) is 2.12. The Morgan fingerprint density at radius 3 is 2.92 bits per heavy atom. The number of pyridine rings is 1. The monoisotopic (exact) mass is 189 g/mol. The molecule has 0 saturated carbocycles. The lowest BCUT2D eigenvalue weighted by atomic mass is 10.1. The lowest BCUT2D eigenvalue weighted by Gasteiger charge is -2.03. The molecule has 0 fully saturated rings. The molecule has 0 radical (unpaired) electrons. The van der Waals surface area contributed by atoms with E-state index < -0.39 is 0 Å². The number of benzene rings is 1. The summed E-state index contributed by atoms with van der Waals surface area (Å²) >= 11 is 1.78. The molecule has 0 spiro atoms. The van der Waals surface area contributed by atoms with Gasteiger partial charge in [-0.2, -0.15) is 0 Å². The average molecular weight is 189 g/mol. The Morgan fingerprint density at radius 2 is 2.15 bits per heavy atom. The molecule has 0 saturated heterocycles. The molecule has 13 heavy (non-hydrogen) atoms. The normalized spacial score (nSPS) is 10.6. The van der Waals surface area contributed by atoms with E-state index in [-0.39, 0.29) is 0 Å². The first kappa shape index (κ1) is 8.57. The molecule has 1 heterocycles. The van der Waals surface area contributed by atoms with Crippen molar-refractivity contribution in [2.45, 2.75) is 11.8 Å². The lowest BCUT2D eigenvalue weighted by Crippen LogP contribution is -1.82. The minimum Gasteiger partial charge on any atom is -0.256 e. The van der Waals surface area contributed by atoms with Gasteiger partial charge in [-0.1, -0.05) is 6.07 Å². The van der Waals surface area contributed by atoms with Crippen molar-refractivity contribution in [3.8, 4) is 0 Å². The van der Waals surface area contributed by atoms with Crippen LogP contribution in [0.1, 0.15) is 5.56 Å². The van der Waals surface area contributed by atoms with Crippen LogP contribution in [0.3, 0.4) is 0 Å². The van der Waals surface area contributed by atoms with Crippen LogP contribution in [0.5, 0.6) is 0 Å². The van der Waals surface area contributed by atoms with Crippen LogP contribution >= 0.6 is 11.8 Å². The van der Waals surface area contributed by atoms with E-state index in [1.165, 1.54) is 15.8 Å². The topological polar surface area (TPSA) is 12.9 Å². The van der Waals surface area contributed by atoms with Crippen LogP contribution in [0.15, 0.2) is 35.4 Å². The van der Waals surface area contributed by atoms with Gasteiger partial charge in [-0.3, -0.25) is 4.98 Å². The van der Waals surface area contributed by atoms with E-state index in [2.05, 4.69) is 36.4 Å². The molecular formula is C11H11NS. The zero-order valence-electron chi connectivity index (χ0n) is 7.74. The first-order chi connectivity index (χ1) is 6.31. The molecule has 0 unspecified atom stereocenters. The summed E-state index contributed by atoms with van der Waals surface area (Å²) in [5.74, 6) is 0. The van der Waals surface area contributed by atoms with Gasteiger partial charge in [0.25, 0.3) is 0 Å². The van der Waals surface area contributed by atoms with Gasteiger partial charge in [-0.05, 0) is 36.9 Å². The van der Waals surface area contributed by atoms with Crippen LogP contribution in [0.2, 0.25) is 0 Å². The second-order valence-electron chi connectivity index (χ2n) is 3.02. The first-order valence-corrected chi connectivity index (χ1v) is 5.43. The van der Waals surface area contributed by atoms with Crippen LogP contribution in [0.4, 0.5) is 0 Å². The maximum Gasteiger partial charge on any atom is 0.0705 e. The van der Waals surface area contributed by atoms with E-state index >= 15 is 0 Å². The quantitative estimate of drug-likeness (QED) is 0.639. The molecule has 0 aliphatic rings. The van der Waals surface area contributed by atoms with Crippen molar-refractivity contribution >= 4 is 22.7 Å². The smallest absolute Gasteiger partial charge is 0.0705 e. The lowest BCUT2D eigenvalue weighted by molar-refractivity contribution is 1.30. The van der Waals surface area contributed by atoms with Crippen molar-refractivity contribution in [1.82, 2.24) is 4.98 Å². The van der Waals surface area contributed by atoms with Gasteiger partial charge in [0.05, 0.1) is 5.52 Å². The third kappa shape index (κ3) is 1.54. The van der Waals surface area contributed by atoms with Crippen molar-refractivity contribution < 1.29 is 0 Å². The Balaban J connectivity index is 2.74. The maximum atomic E-state index is 4.31. The fourth-order valence-electron chi connectivity index (χ4n) is 1.42. The van der Waals surface area contributed by atoms with Crippen molar-refractivity contribution in [3.05, 3.63) is 36.0 Å². The minimum absolute atomic E-state index is 1.08. The molecule has 0 atom stereocenters. The molecule has 0 aliphatic carbocycles. The molecule has 0 N–H and O–H groups in total. The van der Waals surface area contributed by atoms with Gasteiger partial charge in [0, 0.05) is 16.5 Å². The van der Waals surface area contributed by atoms with Crippen molar-refractivity contribution in [3.63, 3.8) is 0 Å². The molecule has 0 aliphatic heterocycles. The van der Waals surface area contributed by atoms with Gasteiger partial charge in [0.15, 0.2) is 0 Å². The highest BCUT2D eigenvalue weighted by molar-refractivity contribution is 7.98. The Kier molecular flexibility index (Phi) is 2.23. The Hall–Kier alpha value is -1.02. The highest BCUT2D eigenvalue weighted by atomic mass is 32.2. The Morgan fingerprint density at radius 1 is 1.31 bits per heavy atom. The van der Waals surface area contributed by atoms with E-state index in [0.717, 1.165) is 5.52 Å². The third-order valence-electron chi connectivity index (χ3n) is 2.12. The predicted octanol–water partition coefficient (Wildman–Crippen LogP) is 3.27. The number of nitrogens with zero attached hydrogens (tertiary/aromatic N) is 1. The van der Waals surface area contributed by atoms with Gasteiger partial charge < -0.3 is 0 Å². The van der Waals surface area contributed by atoms with Crippen molar-refractivity contribution in [2.75, 3.05) is 6.26 Å². The van der Waals surface area contributed by atoms with E-state index in [0.29, 0.717) is 0 Å². The number of rotatable bonds is 1. The Labute approximate surface area is 82.2 Å². The highest BCUT2D eigenvalue weighted by Gasteiger charge is 1.99. The van der Waals surface area contributed by atoms with Gasteiger partial charge in [0.2, 0.25) is 0 Å². The molecule has 1 aromatic carbocycles. The second-order valence-corrected chi connectivity index (χ2v) is 3.87. The molecule has 1 nitrogen and oxygen atoms in total. The largest absolute Gasteiger partial charge is 0.256 e. The average Bonchev–Trinajstić information content (AvgIpc) is 2.17. The van der Waals surface area contributed by atoms with Gasteiger partial charge in [-0.25, -0.2) is 0 Å². The summed E-state index contributed by atoms with van der Waals surface area (Å²) < 4.78 is 0. The van der Waals surface area contributed by atoms with E-state index in [1.807, 2.05) is 12.3 Å². The SMILES string of the molecule is CSc1cc2cccnc2cc1C. The van der Waals surface area contributed by atoms with E-state index in [9.17, 15) is 0 Å².